The Balaban J connectivity index is 1.90. The van der Waals surface area contributed by atoms with Gasteiger partial charge in [-0.3, -0.25) is 9.69 Å². The maximum absolute atomic E-state index is 12.2. The van der Waals surface area contributed by atoms with Crippen LogP contribution in [-0.2, 0) is 16.8 Å². The minimum atomic E-state index is -0.620. The van der Waals surface area contributed by atoms with Crippen molar-refractivity contribution >= 4 is 11.9 Å². The van der Waals surface area contributed by atoms with Crippen molar-refractivity contribution in [3.05, 3.63) is 59.7 Å². The van der Waals surface area contributed by atoms with Gasteiger partial charge in [-0.2, -0.15) is 0 Å². The average Bonchev–Trinajstić information content (AvgIpc) is 2.65. The molecule has 4 heteroatoms. The molecule has 2 aromatic carbocycles. The van der Waals surface area contributed by atoms with E-state index in [-0.39, 0.29) is 11.9 Å². The van der Waals surface area contributed by atoms with E-state index in [0.29, 0.717) is 6.42 Å². The lowest BCUT2D eigenvalue weighted by atomic mass is 9.86. The van der Waals surface area contributed by atoms with E-state index < -0.39 is 5.54 Å². The summed E-state index contributed by atoms with van der Waals surface area (Å²) >= 11 is 0. The van der Waals surface area contributed by atoms with Crippen LogP contribution in [0.15, 0.2) is 53.5 Å². The van der Waals surface area contributed by atoms with Gasteiger partial charge in [-0.25, -0.2) is 4.99 Å². The van der Waals surface area contributed by atoms with Crippen LogP contribution in [0.1, 0.15) is 44.2 Å². The van der Waals surface area contributed by atoms with Gasteiger partial charge in [-0.05, 0) is 48.1 Å². The molecule has 0 aliphatic carbocycles. The summed E-state index contributed by atoms with van der Waals surface area (Å²) in [5, 5.41) is 0. The number of carbonyl (C=O) groups is 1. The van der Waals surface area contributed by atoms with Crippen LogP contribution in [0.4, 0.5) is 0 Å². The van der Waals surface area contributed by atoms with Crippen molar-refractivity contribution in [2.45, 2.75) is 45.1 Å². The number of nitrogens with zero attached hydrogens (tertiary/aromatic N) is 2. The molecule has 1 amide bonds. The average molecular weight is 349 g/mol. The fraction of sp³-hybridized carbons (Fsp3) is 0.364. The van der Waals surface area contributed by atoms with E-state index in [2.05, 4.69) is 48.3 Å². The van der Waals surface area contributed by atoms with Crippen LogP contribution < -0.4 is 5.73 Å². The molecule has 0 saturated heterocycles. The Kier molecular flexibility index (Phi) is 5.12. The molecule has 4 nitrogen and oxygen atoms in total. The Bertz CT molecular complexity index is 826. The molecule has 1 heterocycles. The van der Waals surface area contributed by atoms with Gasteiger partial charge in [-0.15, -0.1) is 0 Å². The fourth-order valence-corrected chi connectivity index (χ4v) is 3.35. The van der Waals surface area contributed by atoms with Crippen LogP contribution in [0.2, 0.25) is 0 Å². The monoisotopic (exact) mass is 349 g/mol. The van der Waals surface area contributed by atoms with Gasteiger partial charge < -0.3 is 5.73 Å². The molecule has 2 aromatic rings. The number of carbonyl (C=O) groups excluding carboxylic acids is 1. The van der Waals surface area contributed by atoms with Gasteiger partial charge in [0.05, 0.1) is 12.0 Å². The first kappa shape index (κ1) is 18.2. The van der Waals surface area contributed by atoms with Crippen molar-refractivity contribution in [1.29, 1.82) is 0 Å². The first-order valence-electron chi connectivity index (χ1n) is 9.24. The predicted octanol–water partition coefficient (Wildman–Crippen LogP) is 4.09. The first-order valence-corrected chi connectivity index (χ1v) is 9.24. The van der Waals surface area contributed by atoms with Crippen molar-refractivity contribution in [1.82, 2.24) is 4.90 Å². The molecule has 0 bridgehead atoms. The Morgan fingerprint density at radius 2 is 1.88 bits per heavy atom. The molecule has 1 unspecified atom stereocenters. The summed E-state index contributed by atoms with van der Waals surface area (Å²) in [6, 6.07) is 17.0. The second-order valence-corrected chi connectivity index (χ2v) is 7.25. The van der Waals surface area contributed by atoms with E-state index in [0.717, 1.165) is 17.5 Å². The van der Waals surface area contributed by atoms with Crippen LogP contribution in [0.3, 0.4) is 0 Å². The van der Waals surface area contributed by atoms with Crippen LogP contribution >= 0.6 is 0 Å². The molecule has 1 aliphatic rings. The van der Waals surface area contributed by atoms with Crippen molar-refractivity contribution in [3.8, 4) is 11.1 Å². The number of aryl methyl sites for hydroxylation is 1. The van der Waals surface area contributed by atoms with Crippen molar-refractivity contribution in [2.24, 2.45) is 10.7 Å². The molecule has 3 rings (SSSR count). The number of nitrogens with two attached hydrogens (primary N) is 1. The lowest BCUT2D eigenvalue weighted by molar-refractivity contribution is -0.128. The Hall–Kier alpha value is -2.62. The molecule has 0 saturated carbocycles. The smallest absolute Gasteiger partial charge is 0.231 e. The Morgan fingerprint density at radius 1 is 1.15 bits per heavy atom. The normalized spacial score (nSPS) is 20.2. The topological polar surface area (TPSA) is 58.7 Å². The molecule has 136 valence electrons. The highest BCUT2D eigenvalue weighted by atomic mass is 16.2. The molecular weight excluding hydrogens is 322 g/mol. The van der Waals surface area contributed by atoms with E-state index in [1.165, 1.54) is 28.9 Å². The summed E-state index contributed by atoms with van der Waals surface area (Å²) in [7, 11) is 1.66. The summed E-state index contributed by atoms with van der Waals surface area (Å²) in [6.45, 7) is 4.18. The number of unbranched alkanes of at least 4 members (excludes halogenated alkanes) is 1. The van der Waals surface area contributed by atoms with Crippen molar-refractivity contribution in [2.75, 3.05) is 7.05 Å². The molecule has 1 atom stereocenters. The molecular formula is C22H27N3O. The zero-order chi connectivity index (χ0) is 18.7. The molecule has 0 fully saturated rings. The third kappa shape index (κ3) is 3.64. The highest BCUT2D eigenvalue weighted by Gasteiger charge is 2.36. The zero-order valence-corrected chi connectivity index (χ0v) is 15.8. The third-order valence-corrected chi connectivity index (χ3v) is 5.17. The highest BCUT2D eigenvalue weighted by molar-refractivity contribution is 5.98. The first-order chi connectivity index (χ1) is 12.4. The number of guanidine groups is 1. The maximum Gasteiger partial charge on any atom is 0.231 e. The number of amides is 1. The summed E-state index contributed by atoms with van der Waals surface area (Å²) in [6.07, 6.45) is 3.87. The van der Waals surface area contributed by atoms with Gasteiger partial charge in [0, 0.05) is 7.05 Å². The lowest BCUT2D eigenvalue weighted by Crippen LogP contribution is -2.47. The quantitative estimate of drug-likeness (QED) is 0.884. The number of benzene rings is 2. The predicted molar refractivity (Wildman–Crippen MR) is 107 cm³/mol. The van der Waals surface area contributed by atoms with Crippen molar-refractivity contribution in [3.63, 3.8) is 0 Å². The van der Waals surface area contributed by atoms with Gasteiger partial charge in [-0.1, -0.05) is 55.8 Å². The summed E-state index contributed by atoms with van der Waals surface area (Å²) in [4.78, 5) is 18.3. The fourth-order valence-electron chi connectivity index (χ4n) is 3.35. The minimum absolute atomic E-state index is 0.00863. The molecule has 0 aromatic heterocycles. The van der Waals surface area contributed by atoms with Crippen LogP contribution in [0, 0.1) is 0 Å². The number of hydrogen-bond donors (Lipinski definition) is 1. The highest BCUT2D eigenvalue weighted by Crippen LogP contribution is 2.35. The minimum Gasteiger partial charge on any atom is -0.369 e. The third-order valence-electron chi connectivity index (χ3n) is 5.17. The van der Waals surface area contributed by atoms with E-state index in [4.69, 9.17) is 5.73 Å². The lowest BCUT2D eigenvalue weighted by Gasteiger charge is -2.33. The summed E-state index contributed by atoms with van der Waals surface area (Å²) < 4.78 is 0. The molecule has 0 radical (unpaired) electrons. The second-order valence-electron chi connectivity index (χ2n) is 7.25. The zero-order valence-electron chi connectivity index (χ0n) is 15.8. The Morgan fingerprint density at radius 3 is 2.54 bits per heavy atom. The summed E-state index contributed by atoms with van der Waals surface area (Å²) in [5.74, 6) is 0.264. The molecule has 2 N–H and O–H groups in total. The van der Waals surface area contributed by atoms with E-state index >= 15 is 0 Å². The Labute approximate surface area is 155 Å². The molecule has 1 aliphatic heterocycles. The maximum atomic E-state index is 12.2. The van der Waals surface area contributed by atoms with Gasteiger partial charge in [0.15, 0.2) is 5.96 Å². The standard InChI is InChI=1S/C22H27N3O/c1-4-5-7-16-10-12-17(13-11-16)18-8-6-9-19(14-18)22(2)15-20(26)25(3)21(23)24-22/h6,8-14H,4-5,7,15H2,1-3H3,(H2,23,24). The second kappa shape index (κ2) is 7.32. The molecule has 0 spiro atoms. The van der Waals surface area contributed by atoms with Crippen LogP contribution in [0.25, 0.3) is 11.1 Å². The number of aliphatic imine (C=N–C) groups is 1. The van der Waals surface area contributed by atoms with Gasteiger partial charge in [0.25, 0.3) is 0 Å². The number of hydrogen-bond acceptors (Lipinski definition) is 3. The van der Waals surface area contributed by atoms with Gasteiger partial charge >= 0.3 is 0 Å². The molecule has 26 heavy (non-hydrogen) atoms. The largest absolute Gasteiger partial charge is 0.369 e. The van der Waals surface area contributed by atoms with Crippen LogP contribution in [-0.4, -0.2) is 23.8 Å². The van der Waals surface area contributed by atoms with Gasteiger partial charge in [0.2, 0.25) is 5.91 Å². The SMILES string of the molecule is CCCCc1ccc(-c2cccc(C3(C)CC(=O)N(C)C(N)=N3)c2)cc1. The van der Waals surface area contributed by atoms with Gasteiger partial charge in [0.1, 0.15) is 0 Å². The van der Waals surface area contributed by atoms with E-state index in [1.807, 2.05) is 19.1 Å². The summed E-state index contributed by atoms with van der Waals surface area (Å²) in [5.41, 5.74) is 10.0. The van der Waals surface area contributed by atoms with E-state index in [9.17, 15) is 4.79 Å². The van der Waals surface area contributed by atoms with Crippen LogP contribution in [0.5, 0.6) is 0 Å². The van der Waals surface area contributed by atoms with Crippen molar-refractivity contribution < 1.29 is 4.79 Å². The number of rotatable bonds is 5. The van der Waals surface area contributed by atoms with E-state index in [1.54, 1.807) is 7.05 Å².